The van der Waals surface area contributed by atoms with Crippen molar-refractivity contribution >= 4 is 29.2 Å². The lowest BCUT2D eigenvalue weighted by Gasteiger charge is -2.42. The zero-order valence-corrected chi connectivity index (χ0v) is 17.1. The monoisotopic (exact) mass is 472 g/mol. The van der Waals surface area contributed by atoms with E-state index >= 15 is 0 Å². The molecule has 2 unspecified atom stereocenters. The van der Waals surface area contributed by atoms with Crippen LogP contribution in [0.25, 0.3) is 0 Å². The summed E-state index contributed by atoms with van der Waals surface area (Å²) in [6.07, 6.45) is 0.641. The first-order valence-corrected chi connectivity index (χ1v) is 10.0. The molecule has 1 amide bonds. The Balaban J connectivity index is 1.75. The second-order valence-electron chi connectivity index (χ2n) is 7.57. The zero-order chi connectivity index (χ0) is 23.3. The third-order valence-electron chi connectivity index (χ3n) is 5.58. The summed E-state index contributed by atoms with van der Waals surface area (Å²) in [5.41, 5.74) is 1.11. The Hall–Kier alpha value is -3.01. The maximum atomic E-state index is 14.1. The van der Waals surface area contributed by atoms with Gasteiger partial charge in [-0.25, -0.2) is 4.79 Å². The highest BCUT2D eigenvalue weighted by molar-refractivity contribution is 6.31. The second kappa shape index (κ2) is 7.84. The van der Waals surface area contributed by atoms with E-state index in [1.807, 2.05) is 10.2 Å². The van der Waals surface area contributed by atoms with E-state index in [2.05, 4.69) is 0 Å². The molecule has 0 aromatic heterocycles. The van der Waals surface area contributed by atoms with Gasteiger partial charge in [0.15, 0.2) is 5.75 Å². The Kier molecular flexibility index (Phi) is 5.44. The van der Waals surface area contributed by atoms with E-state index in [0.717, 1.165) is 0 Å². The lowest BCUT2D eigenvalue weighted by molar-refractivity contribution is -0.222. The maximum Gasteiger partial charge on any atom is 0.413 e. The number of anilines is 1. The van der Waals surface area contributed by atoms with Crippen LogP contribution in [0.5, 0.6) is 11.5 Å². The van der Waals surface area contributed by atoms with Gasteiger partial charge in [0, 0.05) is 17.1 Å². The van der Waals surface area contributed by atoms with Crippen molar-refractivity contribution < 1.29 is 37.0 Å². The predicted octanol–water partition coefficient (Wildman–Crippen LogP) is 4.63. The van der Waals surface area contributed by atoms with Gasteiger partial charge in [0.25, 0.3) is 5.91 Å². The van der Waals surface area contributed by atoms with E-state index in [1.54, 1.807) is 42.5 Å². The molecule has 170 valence electrons. The van der Waals surface area contributed by atoms with Crippen molar-refractivity contribution in [3.05, 3.63) is 53.1 Å². The topological polar surface area (TPSA) is 78.9 Å². The Morgan fingerprint density at radius 3 is 2.53 bits per heavy atom. The predicted molar refractivity (Wildman–Crippen MR) is 107 cm³/mol. The number of nitrogens with one attached hydrogen (secondary N) is 1. The van der Waals surface area contributed by atoms with E-state index in [9.17, 15) is 27.2 Å². The standard InChI is InChI=1S/C21H17ClF4N2O4/c22-11-7-8-16-14(10-11)28-9-3-5-13(17(28)12-4-1-2-6-15(12)32-16)27-18(29)20(23,24)21(25,26)19(30)31/h1-2,4,6-8,10,13,17H,3,5,9H2,(H,27,29)(H,30,31). The fourth-order valence-electron chi connectivity index (χ4n) is 4.08. The van der Waals surface area contributed by atoms with Gasteiger partial charge < -0.3 is 20.1 Å². The number of hydrogen-bond donors (Lipinski definition) is 2. The number of para-hydroxylation sites is 1. The van der Waals surface area contributed by atoms with Crippen LogP contribution < -0.4 is 15.0 Å². The fraction of sp³-hybridized carbons (Fsp3) is 0.333. The number of piperidine rings is 1. The molecule has 32 heavy (non-hydrogen) atoms. The number of aliphatic carboxylic acids is 1. The van der Waals surface area contributed by atoms with Crippen LogP contribution >= 0.6 is 11.6 Å². The van der Waals surface area contributed by atoms with E-state index < -0.39 is 35.8 Å². The quantitative estimate of drug-likeness (QED) is 0.634. The van der Waals surface area contributed by atoms with Crippen LogP contribution in [0, 0.1) is 0 Å². The maximum absolute atomic E-state index is 14.1. The number of alkyl halides is 4. The summed E-state index contributed by atoms with van der Waals surface area (Å²) in [6.45, 7) is 0.462. The van der Waals surface area contributed by atoms with Gasteiger partial charge >= 0.3 is 17.8 Å². The van der Waals surface area contributed by atoms with Crippen LogP contribution in [-0.2, 0) is 9.59 Å². The summed E-state index contributed by atoms with van der Waals surface area (Å²) in [7, 11) is 0. The molecule has 0 saturated carbocycles. The Labute approximate surface area is 184 Å². The number of nitrogens with zero attached hydrogens (tertiary/aromatic N) is 1. The summed E-state index contributed by atoms with van der Waals surface area (Å²) in [5.74, 6) is -15.6. The van der Waals surface area contributed by atoms with Gasteiger partial charge in [0.1, 0.15) is 5.75 Å². The number of halogens is 5. The lowest BCUT2D eigenvalue weighted by atomic mass is 9.89. The number of carboxylic acid groups (broad SMARTS) is 1. The third kappa shape index (κ3) is 3.52. The number of benzene rings is 2. The molecule has 11 heteroatoms. The van der Waals surface area contributed by atoms with Gasteiger partial charge in [-0.3, -0.25) is 4.79 Å². The number of carbonyl (C=O) groups is 2. The summed E-state index contributed by atoms with van der Waals surface area (Å²) in [5, 5.41) is 10.8. The molecule has 2 atom stereocenters. The summed E-state index contributed by atoms with van der Waals surface area (Å²) in [6, 6.07) is 9.91. The molecule has 0 radical (unpaired) electrons. The normalized spacial score (nSPS) is 20.2. The molecule has 4 rings (SSSR count). The zero-order valence-electron chi connectivity index (χ0n) is 16.3. The molecule has 6 nitrogen and oxygen atoms in total. The summed E-state index contributed by atoms with van der Waals surface area (Å²) < 4.78 is 61.3. The summed E-state index contributed by atoms with van der Waals surface area (Å²) in [4.78, 5) is 24.6. The Morgan fingerprint density at radius 2 is 1.81 bits per heavy atom. The molecule has 2 N–H and O–H groups in total. The van der Waals surface area contributed by atoms with Crippen LogP contribution in [0.2, 0.25) is 5.02 Å². The van der Waals surface area contributed by atoms with Crippen molar-refractivity contribution in [3.8, 4) is 11.5 Å². The molecule has 1 fully saturated rings. The first kappa shape index (κ1) is 22.2. The van der Waals surface area contributed by atoms with E-state index in [4.69, 9.17) is 21.4 Å². The van der Waals surface area contributed by atoms with Gasteiger partial charge in [-0.1, -0.05) is 29.8 Å². The van der Waals surface area contributed by atoms with Crippen LogP contribution in [0.15, 0.2) is 42.5 Å². The molecular weight excluding hydrogens is 456 g/mol. The number of rotatable bonds is 4. The van der Waals surface area contributed by atoms with Crippen molar-refractivity contribution in [1.82, 2.24) is 5.32 Å². The number of carboxylic acids is 1. The number of fused-ring (bicyclic) bond motifs is 5. The second-order valence-corrected chi connectivity index (χ2v) is 8.00. The fourth-order valence-corrected chi connectivity index (χ4v) is 4.24. The van der Waals surface area contributed by atoms with Gasteiger partial charge in [0.2, 0.25) is 0 Å². The molecule has 2 aromatic rings. The highest BCUT2D eigenvalue weighted by Gasteiger charge is 2.67. The van der Waals surface area contributed by atoms with Crippen LogP contribution in [0.3, 0.4) is 0 Å². The largest absolute Gasteiger partial charge is 0.477 e. The highest BCUT2D eigenvalue weighted by atomic mass is 35.5. The number of carbonyl (C=O) groups excluding carboxylic acids is 1. The van der Waals surface area contributed by atoms with Gasteiger partial charge in [-0.2, -0.15) is 17.6 Å². The number of ether oxygens (including phenoxy) is 1. The summed E-state index contributed by atoms with van der Waals surface area (Å²) >= 11 is 6.14. The molecular formula is C21H17ClF4N2O4. The van der Waals surface area contributed by atoms with Crippen molar-refractivity contribution in [2.45, 2.75) is 36.8 Å². The smallest absolute Gasteiger partial charge is 0.413 e. The van der Waals surface area contributed by atoms with Crippen molar-refractivity contribution in [3.63, 3.8) is 0 Å². The highest BCUT2D eigenvalue weighted by Crippen LogP contribution is 2.48. The lowest BCUT2D eigenvalue weighted by Crippen LogP contribution is -2.60. The molecule has 0 spiro atoms. The molecule has 1 saturated heterocycles. The van der Waals surface area contributed by atoms with Crippen LogP contribution in [0.4, 0.5) is 23.2 Å². The molecule has 2 heterocycles. The van der Waals surface area contributed by atoms with Crippen molar-refractivity contribution in [1.29, 1.82) is 0 Å². The first-order chi connectivity index (χ1) is 15.0. The molecule has 2 aromatic carbocycles. The van der Waals surface area contributed by atoms with Gasteiger partial charge in [-0.15, -0.1) is 0 Å². The molecule has 2 aliphatic rings. The minimum absolute atomic E-state index is 0.200. The third-order valence-corrected chi connectivity index (χ3v) is 5.82. The van der Waals surface area contributed by atoms with E-state index in [-0.39, 0.29) is 6.42 Å². The van der Waals surface area contributed by atoms with Crippen LogP contribution in [-0.4, -0.2) is 41.4 Å². The number of amides is 1. The SMILES string of the molecule is O=C(O)C(F)(F)C(F)(F)C(=O)NC1CCCN2c3cc(Cl)ccc3Oc3ccccc3C12. The molecule has 0 bridgehead atoms. The van der Waals surface area contributed by atoms with Gasteiger partial charge in [0.05, 0.1) is 17.8 Å². The van der Waals surface area contributed by atoms with Gasteiger partial charge in [-0.05, 0) is 37.1 Å². The Morgan fingerprint density at radius 1 is 1.09 bits per heavy atom. The first-order valence-electron chi connectivity index (χ1n) is 9.67. The van der Waals surface area contributed by atoms with E-state index in [1.165, 1.54) is 0 Å². The number of hydrogen-bond acceptors (Lipinski definition) is 4. The van der Waals surface area contributed by atoms with Crippen molar-refractivity contribution in [2.75, 3.05) is 11.4 Å². The van der Waals surface area contributed by atoms with E-state index in [0.29, 0.717) is 40.7 Å². The molecule has 2 aliphatic heterocycles. The average molecular weight is 473 g/mol. The molecule has 0 aliphatic carbocycles. The minimum Gasteiger partial charge on any atom is -0.477 e. The van der Waals surface area contributed by atoms with Crippen molar-refractivity contribution in [2.24, 2.45) is 0 Å². The van der Waals surface area contributed by atoms with Crippen LogP contribution in [0.1, 0.15) is 24.4 Å². The average Bonchev–Trinajstić information content (AvgIpc) is 2.88. The Bertz CT molecular complexity index is 1080. The minimum atomic E-state index is -5.56.